The SMILES string of the molecule is O=C(Cc1ccc2c(c1)CCC2)N1CCC(C2OCCO2)CC1. The molecule has 2 aliphatic heterocycles. The summed E-state index contributed by atoms with van der Waals surface area (Å²) in [5.41, 5.74) is 4.09. The van der Waals surface area contributed by atoms with Crippen LogP contribution in [0.4, 0.5) is 0 Å². The van der Waals surface area contributed by atoms with Crippen molar-refractivity contribution in [3.8, 4) is 0 Å². The average molecular weight is 315 g/mol. The van der Waals surface area contributed by atoms with Gasteiger partial charge in [-0.1, -0.05) is 18.2 Å². The van der Waals surface area contributed by atoms with Gasteiger partial charge in [0.15, 0.2) is 6.29 Å². The van der Waals surface area contributed by atoms with E-state index in [0.717, 1.165) is 25.9 Å². The van der Waals surface area contributed by atoms with Crippen LogP contribution in [0.2, 0.25) is 0 Å². The number of hydrogen-bond acceptors (Lipinski definition) is 3. The molecule has 124 valence electrons. The summed E-state index contributed by atoms with van der Waals surface area (Å²) >= 11 is 0. The number of rotatable bonds is 3. The number of amides is 1. The Kier molecular flexibility index (Phi) is 4.36. The minimum absolute atomic E-state index is 0.0380. The zero-order chi connectivity index (χ0) is 15.6. The second kappa shape index (κ2) is 6.62. The van der Waals surface area contributed by atoms with E-state index in [0.29, 0.717) is 25.6 Å². The minimum Gasteiger partial charge on any atom is -0.350 e. The van der Waals surface area contributed by atoms with Crippen molar-refractivity contribution in [2.45, 2.75) is 44.8 Å². The van der Waals surface area contributed by atoms with Gasteiger partial charge in [-0.2, -0.15) is 0 Å². The summed E-state index contributed by atoms with van der Waals surface area (Å²) in [7, 11) is 0. The summed E-state index contributed by atoms with van der Waals surface area (Å²) in [5, 5.41) is 0. The second-order valence-corrected chi connectivity index (χ2v) is 6.96. The first kappa shape index (κ1) is 15.2. The number of fused-ring (bicyclic) bond motifs is 1. The Balaban J connectivity index is 1.31. The zero-order valence-corrected chi connectivity index (χ0v) is 13.6. The Morgan fingerprint density at radius 3 is 2.61 bits per heavy atom. The maximum Gasteiger partial charge on any atom is 0.226 e. The van der Waals surface area contributed by atoms with Gasteiger partial charge in [0.2, 0.25) is 5.91 Å². The van der Waals surface area contributed by atoms with E-state index in [9.17, 15) is 4.79 Å². The van der Waals surface area contributed by atoms with Gasteiger partial charge in [-0.25, -0.2) is 0 Å². The third-order valence-electron chi connectivity index (χ3n) is 5.44. The van der Waals surface area contributed by atoms with Crippen LogP contribution in [0.1, 0.15) is 36.0 Å². The lowest BCUT2D eigenvalue weighted by molar-refractivity contribution is -0.136. The molecule has 0 spiro atoms. The number of hydrogen-bond donors (Lipinski definition) is 0. The molecule has 2 heterocycles. The lowest BCUT2D eigenvalue weighted by atomic mass is 9.95. The van der Waals surface area contributed by atoms with Crippen LogP contribution in [0.25, 0.3) is 0 Å². The molecule has 3 aliphatic rings. The van der Waals surface area contributed by atoms with Gasteiger partial charge in [-0.05, 0) is 48.8 Å². The van der Waals surface area contributed by atoms with Crippen LogP contribution >= 0.6 is 0 Å². The van der Waals surface area contributed by atoms with E-state index in [-0.39, 0.29) is 12.2 Å². The number of ether oxygens (including phenoxy) is 2. The van der Waals surface area contributed by atoms with Gasteiger partial charge >= 0.3 is 0 Å². The predicted octanol–water partition coefficient (Wildman–Crippen LogP) is 2.33. The van der Waals surface area contributed by atoms with Crippen molar-refractivity contribution in [3.05, 3.63) is 34.9 Å². The fourth-order valence-corrected chi connectivity index (χ4v) is 4.09. The maximum absolute atomic E-state index is 12.6. The Morgan fingerprint density at radius 1 is 1.09 bits per heavy atom. The molecule has 1 aromatic rings. The molecular formula is C19H25NO3. The third-order valence-corrected chi connectivity index (χ3v) is 5.44. The van der Waals surface area contributed by atoms with Gasteiger partial charge in [0.25, 0.3) is 0 Å². The van der Waals surface area contributed by atoms with E-state index < -0.39 is 0 Å². The Morgan fingerprint density at radius 2 is 1.83 bits per heavy atom. The number of likely N-dealkylation sites (tertiary alicyclic amines) is 1. The van der Waals surface area contributed by atoms with Crippen molar-refractivity contribution in [2.24, 2.45) is 5.92 Å². The molecule has 0 radical (unpaired) electrons. The summed E-state index contributed by atoms with van der Waals surface area (Å²) in [4.78, 5) is 14.6. The van der Waals surface area contributed by atoms with E-state index in [1.165, 1.54) is 36.0 Å². The third kappa shape index (κ3) is 3.29. The predicted molar refractivity (Wildman–Crippen MR) is 87.2 cm³/mol. The Bertz CT molecular complexity index is 572. The largest absolute Gasteiger partial charge is 0.350 e. The number of piperidine rings is 1. The van der Waals surface area contributed by atoms with Crippen molar-refractivity contribution in [3.63, 3.8) is 0 Å². The normalized spacial score (nSPS) is 22.5. The molecule has 4 heteroatoms. The van der Waals surface area contributed by atoms with Crippen LogP contribution in [0.3, 0.4) is 0 Å². The first-order valence-corrected chi connectivity index (χ1v) is 8.91. The number of aryl methyl sites for hydroxylation is 2. The second-order valence-electron chi connectivity index (χ2n) is 6.96. The van der Waals surface area contributed by atoms with E-state index in [2.05, 4.69) is 18.2 Å². The molecule has 2 saturated heterocycles. The molecule has 0 aromatic heterocycles. The number of benzene rings is 1. The zero-order valence-electron chi connectivity index (χ0n) is 13.6. The summed E-state index contributed by atoms with van der Waals surface area (Å²) in [6.07, 6.45) is 6.09. The Labute approximate surface area is 137 Å². The van der Waals surface area contributed by atoms with E-state index >= 15 is 0 Å². The highest BCUT2D eigenvalue weighted by Crippen LogP contribution is 2.27. The molecule has 0 N–H and O–H groups in total. The molecule has 4 rings (SSSR count). The highest BCUT2D eigenvalue weighted by atomic mass is 16.7. The highest BCUT2D eigenvalue weighted by Gasteiger charge is 2.31. The van der Waals surface area contributed by atoms with Crippen molar-refractivity contribution < 1.29 is 14.3 Å². The van der Waals surface area contributed by atoms with Crippen molar-refractivity contribution >= 4 is 5.91 Å². The lowest BCUT2D eigenvalue weighted by Gasteiger charge is -2.34. The number of carbonyl (C=O) groups excluding carboxylic acids is 1. The van der Waals surface area contributed by atoms with E-state index in [1.807, 2.05) is 4.90 Å². The highest BCUT2D eigenvalue weighted by molar-refractivity contribution is 5.79. The van der Waals surface area contributed by atoms with Crippen molar-refractivity contribution in [2.75, 3.05) is 26.3 Å². The molecule has 0 atom stereocenters. The summed E-state index contributed by atoms with van der Waals surface area (Å²) < 4.78 is 11.2. The fraction of sp³-hybridized carbons (Fsp3) is 0.632. The van der Waals surface area contributed by atoms with Gasteiger partial charge in [0, 0.05) is 19.0 Å². The van der Waals surface area contributed by atoms with Gasteiger partial charge < -0.3 is 14.4 Å². The van der Waals surface area contributed by atoms with Crippen LogP contribution in [0.5, 0.6) is 0 Å². The minimum atomic E-state index is -0.0380. The molecule has 23 heavy (non-hydrogen) atoms. The topological polar surface area (TPSA) is 38.8 Å². The van der Waals surface area contributed by atoms with Gasteiger partial charge in [-0.3, -0.25) is 4.79 Å². The molecule has 0 saturated carbocycles. The molecule has 1 amide bonds. The van der Waals surface area contributed by atoms with Crippen LogP contribution in [0, 0.1) is 5.92 Å². The number of carbonyl (C=O) groups is 1. The first-order chi connectivity index (χ1) is 11.3. The monoisotopic (exact) mass is 315 g/mol. The quantitative estimate of drug-likeness (QED) is 0.859. The van der Waals surface area contributed by atoms with E-state index in [4.69, 9.17) is 9.47 Å². The molecule has 2 fully saturated rings. The number of nitrogens with zero attached hydrogens (tertiary/aromatic N) is 1. The summed E-state index contributed by atoms with van der Waals surface area (Å²) in [6, 6.07) is 6.59. The lowest BCUT2D eigenvalue weighted by Crippen LogP contribution is -2.42. The first-order valence-electron chi connectivity index (χ1n) is 8.91. The molecule has 0 unspecified atom stereocenters. The van der Waals surface area contributed by atoms with Crippen LogP contribution < -0.4 is 0 Å². The molecular weight excluding hydrogens is 290 g/mol. The fourth-order valence-electron chi connectivity index (χ4n) is 4.09. The van der Waals surface area contributed by atoms with Gasteiger partial charge in [-0.15, -0.1) is 0 Å². The smallest absolute Gasteiger partial charge is 0.226 e. The standard InChI is InChI=1S/C19H25NO3/c21-18(13-14-4-5-15-2-1-3-17(15)12-14)20-8-6-16(7-9-20)19-22-10-11-23-19/h4-5,12,16,19H,1-3,6-11,13H2. The van der Waals surface area contributed by atoms with Crippen LogP contribution in [-0.4, -0.2) is 43.4 Å². The summed E-state index contributed by atoms with van der Waals surface area (Å²) in [6.45, 7) is 3.08. The summed E-state index contributed by atoms with van der Waals surface area (Å²) in [5.74, 6) is 0.705. The van der Waals surface area contributed by atoms with Gasteiger partial charge in [0.05, 0.1) is 19.6 Å². The van der Waals surface area contributed by atoms with E-state index in [1.54, 1.807) is 0 Å². The van der Waals surface area contributed by atoms with Crippen molar-refractivity contribution in [1.82, 2.24) is 4.90 Å². The molecule has 0 bridgehead atoms. The molecule has 1 aliphatic carbocycles. The van der Waals surface area contributed by atoms with Crippen molar-refractivity contribution in [1.29, 1.82) is 0 Å². The molecule has 4 nitrogen and oxygen atoms in total. The molecule has 1 aromatic carbocycles. The average Bonchev–Trinajstić information content (AvgIpc) is 3.26. The Hall–Kier alpha value is -1.39. The van der Waals surface area contributed by atoms with Crippen LogP contribution in [0.15, 0.2) is 18.2 Å². The maximum atomic E-state index is 12.6. The van der Waals surface area contributed by atoms with Crippen LogP contribution in [-0.2, 0) is 33.5 Å². The van der Waals surface area contributed by atoms with Gasteiger partial charge in [0.1, 0.15) is 0 Å².